The second-order valence-electron chi connectivity index (χ2n) is 4.79. The van der Waals surface area contributed by atoms with E-state index in [1.165, 1.54) is 0 Å². The Bertz CT molecular complexity index is 994. The van der Waals surface area contributed by atoms with Gasteiger partial charge in [0.05, 0.1) is 6.57 Å². The molecule has 0 fully saturated rings. The molecule has 0 aliphatic rings. The van der Waals surface area contributed by atoms with Crippen molar-refractivity contribution in [3.05, 3.63) is 72.3 Å². The minimum Gasteiger partial charge on any atom is -0.466 e. The monoisotopic (exact) mass is 270 g/mol. The number of pyridine rings is 1. The number of hydrogen-bond donors (Lipinski definition) is 0. The number of fused-ring (bicyclic) bond motifs is 3. The normalized spacial score (nSPS) is 10.8. The molecule has 0 aliphatic heterocycles. The molecule has 2 aromatic carbocycles. The molecule has 0 N–H and O–H groups in total. The van der Waals surface area contributed by atoms with Gasteiger partial charge < -0.3 is 4.42 Å². The first kappa shape index (κ1) is 11.7. The maximum absolute atomic E-state index is 7.27. The van der Waals surface area contributed by atoms with Crippen LogP contribution in [0.1, 0.15) is 0 Å². The van der Waals surface area contributed by atoms with Crippen LogP contribution < -0.4 is 0 Å². The Morgan fingerprint density at radius 2 is 1.71 bits per heavy atom. The Labute approximate surface area is 121 Å². The molecular formula is C18H10N2O. The van der Waals surface area contributed by atoms with E-state index in [0.29, 0.717) is 11.3 Å². The van der Waals surface area contributed by atoms with Crippen LogP contribution in [0.2, 0.25) is 0 Å². The molecule has 0 radical (unpaired) electrons. The van der Waals surface area contributed by atoms with Crippen LogP contribution in [0.4, 0.5) is 5.69 Å². The number of rotatable bonds is 1. The van der Waals surface area contributed by atoms with E-state index in [1.54, 1.807) is 12.3 Å². The lowest BCUT2D eigenvalue weighted by Gasteiger charge is -2.01. The van der Waals surface area contributed by atoms with Gasteiger partial charge in [-0.25, -0.2) is 4.85 Å². The molecule has 0 saturated heterocycles. The lowest BCUT2D eigenvalue weighted by molar-refractivity contribution is 0.672. The molecule has 0 bridgehead atoms. The maximum Gasteiger partial charge on any atom is 0.229 e. The van der Waals surface area contributed by atoms with E-state index in [0.717, 1.165) is 27.5 Å². The number of para-hydroxylation sites is 2. The van der Waals surface area contributed by atoms with Crippen LogP contribution in [0.15, 0.2) is 65.3 Å². The highest BCUT2D eigenvalue weighted by atomic mass is 16.3. The Balaban J connectivity index is 2.14. The van der Waals surface area contributed by atoms with Crippen molar-refractivity contribution in [2.75, 3.05) is 0 Å². The quantitative estimate of drug-likeness (QED) is 0.445. The molecule has 0 saturated carbocycles. The van der Waals surface area contributed by atoms with E-state index < -0.39 is 0 Å². The van der Waals surface area contributed by atoms with Crippen molar-refractivity contribution in [3.63, 3.8) is 0 Å². The molecule has 21 heavy (non-hydrogen) atoms. The number of benzene rings is 2. The van der Waals surface area contributed by atoms with Gasteiger partial charge in [-0.1, -0.05) is 42.5 Å². The van der Waals surface area contributed by atoms with Gasteiger partial charge in [-0.15, -0.1) is 0 Å². The fraction of sp³-hybridized carbons (Fsp3) is 0. The van der Waals surface area contributed by atoms with E-state index in [4.69, 9.17) is 11.0 Å². The van der Waals surface area contributed by atoms with Crippen LogP contribution in [-0.2, 0) is 0 Å². The summed E-state index contributed by atoms with van der Waals surface area (Å²) in [7, 11) is 0. The maximum atomic E-state index is 7.27. The van der Waals surface area contributed by atoms with Crippen molar-refractivity contribution in [1.29, 1.82) is 0 Å². The topological polar surface area (TPSA) is 30.4 Å². The zero-order valence-corrected chi connectivity index (χ0v) is 11.1. The van der Waals surface area contributed by atoms with Gasteiger partial charge >= 0.3 is 0 Å². The second kappa shape index (κ2) is 4.46. The summed E-state index contributed by atoms with van der Waals surface area (Å²) >= 11 is 0. The molecule has 3 heteroatoms. The Morgan fingerprint density at radius 1 is 0.905 bits per heavy atom. The fourth-order valence-electron chi connectivity index (χ4n) is 2.64. The SMILES string of the molecule is [C-]#[N+]c1cccc2c1oc1c(-c3cccnc3)cccc12. The Morgan fingerprint density at radius 3 is 2.48 bits per heavy atom. The van der Waals surface area contributed by atoms with Gasteiger partial charge in [0.2, 0.25) is 5.69 Å². The summed E-state index contributed by atoms with van der Waals surface area (Å²) in [5.74, 6) is 0. The minimum atomic E-state index is 0.542. The number of nitrogens with zero attached hydrogens (tertiary/aromatic N) is 2. The van der Waals surface area contributed by atoms with E-state index in [-0.39, 0.29) is 0 Å². The van der Waals surface area contributed by atoms with Gasteiger partial charge in [0.15, 0.2) is 0 Å². The van der Waals surface area contributed by atoms with Gasteiger partial charge in [0.1, 0.15) is 11.2 Å². The molecule has 4 rings (SSSR count). The molecular weight excluding hydrogens is 260 g/mol. The van der Waals surface area contributed by atoms with Gasteiger partial charge in [-0.05, 0) is 6.07 Å². The highest BCUT2D eigenvalue weighted by Gasteiger charge is 2.14. The molecule has 2 heterocycles. The highest BCUT2D eigenvalue weighted by Crippen LogP contribution is 2.38. The Kier molecular flexibility index (Phi) is 2.48. The van der Waals surface area contributed by atoms with Crippen LogP contribution in [0.25, 0.3) is 37.9 Å². The lowest BCUT2D eigenvalue weighted by Crippen LogP contribution is -1.79. The lowest BCUT2D eigenvalue weighted by atomic mass is 10.0. The summed E-state index contributed by atoms with van der Waals surface area (Å²) in [4.78, 5) is 7.71. The highest BCUT2D eigenvalue weighted by molar-refractivity contribution is 6.12. The molecule has 2 aromatic heterocycles. The van der Waals surface area contributed by atoms with Crippen molar-refractivity contribution >= 4 is 27.6 Å². The van der Waals surface area contributed by atoms with E-state index in [9.17, 15) is 0 Å². The van der Waals surface area contributed by atoms with Crippen molar-refractivity contribution in [3.8, 4) is 11.1 Å². The molecule has 98 valence electrons. The third-order valence-electron chi connectivity index (χ3n) is 3.60. The summed E-state index contributed by atoms with van der Waals surface area (Å²) in [6.07, 6.45) is 3.57. The molecule has 4 aromatic rings. The molecule has 0 aliphatic carbocycles. The number of aromatic nitrogens is 1. The summed E-state index contributed by atoms with van der Waals surface area (Å²) in [5, 5.41) is 2.00. The summed E-state index contributed by atoms with van der Waals surface area (Å²) in [6, 6.07) is 15.6. The second-order valence-corrected chi connectivity index (χ2v) is 4.79. The summed E-state index contributed by atoms with van der Waals surface area (Å²) < 4.78 is 6.02. The van der Waals surface area contributed by atoms with Crippen LogP contribution in [0.3, 0.4) is 0 Å². The summed E-state index contributed by atoms with van der Waals surface area (Å²) in [5.41, 5.74) is 4.00. The average molecular weight is 270 g/mol. The molecule has 3 nitrogen and oxygen atoms in total. The minimum absolute atomic E-state index is 0.542. The van der Waals surface area contributed by atoms with Crippen molar-refractivity contribution in [2.24, 2.45) is 0 Å². The number of hydrogen-bond acceptors (Lipinski definition) is 2. The van der Waals surface area contributed by atoms with Crippen LogP contribution in [0, 0.1) is 6.57 Å². The molecule has 0 unspecified atom stereocenters. The van der Waals surface area contributed by atoms with Gasteiger partial charge in [-0.3, -0.25) is 4.98 Å². The molecule has 0 amide bonds. The average Bonchev–Trinajstić information content (AvgIpc) is 2.94. The van der Waals surface area contributed by atoms with Crippen molar-refractivity contribution < 1.29 is 4.42 Å². The smallest absolute Gasteiger partial charge is 0.229 e. The van der Waals surface area contributed by atoms with Crippen LogP contribution in [0.5, 0.6) is 0 Å². The zero-order valence-electron chi connectivity index (χ0n) is 11.1. The summed E-state index contributed by atoms with van der Waals surface area (Å²) in [6.45, 7) is 7.27. The fourth-order valence-corrected chi connectivity index (χ4v) is 2.64. The van der Waals surface area contributed by atoms with E-state index >= 15 is 0 Å². The van der Waals surface area contributed by atoms with Crippen LogP contribution in [-0.4, -0.2) is 4.98 Å². The number of furan rings is 1. The molecule has 0 spiro atoms. The largest absolute Gasteiger partial charge is 0.466 e. The predicted molar refractivity (Wildman–Crippen MR) is 83.2 cm³/mol. The molecule has 0 atom stereocenters. The van der Waals surface area contributed by atoms with Crippen molar-refractivity contribution in [1.82, 2.24) is 4.98 Å². The van der Waals surface area contributed by atoms with Gasteiger partial charge in [-0.2, -0.15) is 0 Å². The third kappa shape index (κ3) is 1.70. The van der Waals surface area contributed by atoms with Crippen molar-refractivity contribution in [2.45, 2.75) is 0 Å². The first-order chi connectivity index (χ1) is 10.4. The first-order valence-electron chi connectivity index (χ1n) is 6.60. The van der Waals surface area contributed by atoms with Gasteiger partial charge in [0, 0.05) is 34.3 Å². The Hall–Kier alpha value is -3.12. The van der Waals surface area contributed by atoms with E-state index in [1.807, 2.05) is 48.7 Å². The van der Waals surface area contributed by atoms with Crippen LogP contribution >= 0.6 is 0 Å². The first-order valence-corrected chi connectivity index (χ1v) is 6.60. The van der Waals surface area contributed by atoms with Gasteiger partial charge in [0.25, 0.3) is 0 Å². The zero-order chi connectivity index (χ0) is 14.2. The van der Waals surface area contributed by atoms with E-state index in [2.05, 4.69) is 9.83 Å². The standard InChI is InChI=1S/C18H10N2O/c1-19-16-9-3-8-15-14-7-2-6-13(17(14)21-18(15)16)12-5-4-10-20-11-12/h2-11H. The predicted octanol–water partition coefficient (Wildman–Crippen LogP) is 5.20. The third-order valence-corrected chi connectivity index (χ3v) is 3.60.